The normalized spacial score (nSPS) is 12.3. The second-order valence-corrected chi connectivity index (χ2v) is 4.50. The topological polar surface area (TPSA) is 40.5 Å². The van der Waals surface area contributed by atoms with Gasteiger partial charge >= 0.3 is 0 Å². The number of nitrogens with zero attached hydrogens (tertiary/aromatic N) is 1. The van der Waals surface area contributed by atoms with E-state index in [1.54, 1.807) is 26.1 Å². The van der Waals surface area contributed by atoms with Gasteiger partial charge in [0.1, 0.15) is 0 Å². The average molecular weight is 262 g/mol. The molecule has 1 rings (SSSR count). The zero-order chi connectivity index (χ0) is 12.3. The van der Waals surface area contributed by atoms with E-state index in [9.17, 15) is 9.90 Å². The maximum Gasteiger partial charge on any atom is 0.255 e. The van der Waals surface area contributed by atoms with Crippen molar-refractivity contribution in [3.8, 4) is 0 Å². The van der Waals surface area contributed by atoms with Gasteiger partial charge in [0, 0.05) is 18.6 Å². The average Bonchev–Trinajstić information content (AvgIpc) is 2.15. The van der Waals surface area contributed by atoms with Crippen molar-refractivity contribution in [1.29, 1.82) is 0 Å². The zero-order valence-corrected chi connectivity index (χ0v) is 10.6. The van der Waals surface area contributed by atoms with Gasteiger partial charge in [0.05, 0.1) is 16.7 Å². The van der Waals surface area contributed by atoms with Crippen LogP contribution >= 0.6 is 23.2 Å². The fourth-order valence-electron chi connectivity index (χ4n) is 1.35. The standard InChI is InChI=1S/C11H13Cl2NO2/c1-7(15)6-14(2)11(16)9-4-3-8(12)5-10(9)13/h3-5,7,15H,6H2,1-2H3. The monoisotopic (exact) mass is 261 g/mol. The molecular weight excluding hydrogens is 249 g/mol. The van der Waals surface area contributed by atoms with E-state index in [0.717, 1.165) is 0 Å². The lowest BCUT2D eigenvalue weighted by Gasteiger charge is -2.19. The molecule has 1 atom stereocenters. The molecule has 0 fully saturated rings. The quantitative estimate of drug-likeness (QED) is 0.908. The molecule has 0 aliphatic rings. The number of hydrogen-bond acceptors (Lipinski definition) is 2. The number of hydrogen-bond donors (Lipinski definition) is 1. The van der Waals surface area contributed by atoms with E-state index in [1.165, 1.54) is 11.0 Å². The smallest absolute Gasteiger partial charge is 0.255 e. The van der Waals surface area contributed by atoms with Crippen molar-refractivity contribution < 1.29 is 9.90 Å². The molecule has 1 N–H and O–H groups in total. The third-order valence-electron chi connectivity index (χ3n) is 2.05. The first kappa shape index (κ1) is 13.3. The Balaban J connectivity index is 2.88. The summed E-state index contributed by atoms with van der Waals surface area (Å²) in [5, 5.41) is 9.98. The summed E-state index contributed by atoms with van der Waals surface area (Å²) in [6.07, 6.45) is -0.569. The first-order chi connectivity index (χ1) is 7.41. The highest BCUT2D eigenvalue weighted by Gasteiger charge is 2.16. The van der Waals surface area contributed by atoms with E-state index in [1.807, 2.05) is 0 Å². The van der Waals surface area contributed by atoms with Crippen LogP contribution in [0.4, 0.5) is 0 Å². The molecular formula is C11H13Cl2NO2. The van der Waals surface area contributed by atoms with Gasteiger partial charge in [-0.1, -0.05) is 23.2 Å². The Labute approximate surface area is 105 Å². The van der Waals surface area contributed by atoms with Gasteiger partial charge in [0.2, 0.25) is 0 Å². The van der Waals surface area contributed by atoms with E-state index < -0.39 is 6.10 Å². The molecule has 0 bridgehead atoms. The van der Waals surface area contributed by atoms with E-state index in [4.69, 9.17) is 23.2 Å². The minimum Gasteiger partial charge on any atom is -0.392 e. The van der Waals surface area contributed by atoms with Gasteiger partial charge in [0.15, 0.2) is 0 Å². The Morgan fingerprint density at radius 2 is 2.12 bits per heavy atom. The predicted octanol–water partition coefficient (Wildman–Crippen LogP) is 2.45. The number of carbonyl (C=O) groups excluding carboxylic acids is 1. The molecule has 1 aromatic carbocycles. The Bertz CT molecular complexity index is 394. The summed E-state index contributed by atoms with van der Waals surface area (Å²) in [6.45, 7) is 1.88. The highest BCUT2D eigenvalue weighted by atomic mass is 35.5. The van der Waals surface area contributed by atoms with Crippen molar-refractivity contribution in [3.63, 3.8) is 0 Å². The summed E-state index contributed by atoms with van der Waals surface area (Å²) >= 11 is 11.6. The molecule has 88 valence electrons. The van der Waals surface area contributed by atoms with E-state index >= 15 is 0 Å². The van der Waals surface area contributed by atoms with Crippen molar-refractivity contribution in [2.24, 2.45) is 0 Å². The van der Waals surface area contributed by atoms with Crippen LogP contribution in [0.2, 0.25) is 10.0 Å². The summed E-state index contributed by atoms with van der Waals surface area (Å²) in [4.78, 5) is 13.3. The molecule has 1 amide bonds. The van der Waals surface area contributed by atoms with Gasteiger partial charge in [-0.15, -0.1) is 0 Å². The molecule has 16 heavy (non-hydrogen) atoms. The first-order valence-corrected chi connectivity index (χ1v) is 5.56. The largest absolute Gasteiger partial charge is 0.392 e. The van der Waals surface area contributed by atoms with Crippen molar-refractivity contribution in [2.75, 3.05) is 13.6 Å². The lowest BCUT2D eigenvalue weighted by Crippen LogP contribution is -2.33. The van der Waals surface area contributed by atoms with Crippen LogP contribution in [0.15, 0.2) is 18.2 Å². The second kappa shape index (κ2) is 5.53. The summed E-state index contributed by atoms with van der Waals surface area (Å²) in [7, 11) is 1.61. The molecule has 0 radical (unpaired) electrons. The SMILES string of the molecule is CC(O)CN(C)C(=O)c1ccc(Cl)cc1Cl. The number of amides is 1. The summed E-state index contributed by atoms with van der Waals surface area (Å²) in [5.74, 6) is -0.234. The number of halogens is 2. The molecule has 0 saturated carbocycles. The molecule has 0 heterocycles. The van der Waals surface area contributed by atoms with Gasteiger partial charge in [-0.2, -0.15) is 0 Å². The summed E-state index contributed by atoms with van der Waals surface area (Å²) < 4.78 is 0. The summed E-state index contributed by atoms with van der Waals surface area (Å²) in [6, 6.07) is 4.70. The molecule has 5 heteroatoms. The highest BCUT2D eigenvalue weighted by molar-refractivity contribution is 6.36. The number of benzene rings is 1. The zero-order valence-electron chi connectivity index (χ0n) is 9.08. The minimum absolute atomic E-state index is 0.234. The Kier molecular flexibility index (Phi) is 4.59. The molecule has 1 aromatic rings. The summed E-state index contributed by atoms with van der Waals surface area (Å²) in [5.41, 5.74) is 0.384. The molecule has 0 spiro atoms. The number of carbonyl (C=O) groups is 1. The molecule has 0 aliphatic carbocycles. The van der Waals surface area contributed by atoms with Crippen LogP contribution in [0.25, 0.3) is 0 Å². The third kappa shape index (κ3) is 3.37. The highest BCUT2D eigenvalue weighted by Crippen LogP contribution is 2.22. The van der Waals surface area contributed by atoms with Crippen LogP contribution in [0.3, 0.4) is 0 Å². The molecule has 3 nitrogen and oxygen atoms in total. The van der Waals surface area contributed by atoms with Gasteiger partial charge in [-0.25, -0.2) is 0 Å². The Hall–Kier alpha value is -0.770. The van der Waals surface area contributed by atoms with Gasteiger partial charge in [-0.05, 0) is 25.1 Å². The van der Waals surface area contributed by atoms with Crippen LogP contribution in [0.5, 0.6) is 0 Å². The maximum atomic E-state index is 11.9. The van der Waals surface area contributed by atoms with Crippen molar-refractivity contribution in [1.82, 2.24) is 4.90 Å². The third-order valence-corrected chi connectivity index (χ3v) is 2.59. The molecule has 0 saturated heterocycles. The van der Waals surface area contributed by atoms with Gasteiger partial charge in [0.25, 0.3) is 5.91 Å². The maximum absolute atomic E-state index is 11.9. The predicted molar refractivity (Wildman–Crippen MR) is 65.1 cm³/mol. The second-order valence-electron chi connectivity index (χ2n) is 3.66. The lowest BCUT2D eigenvalue weighted by molar-refractivity contribution is 0.0704. The number of rotatable bonds is 3. The van der Waals surface area contributed by atoms with E-state index in [-0.39, 0.29) is 12.5 Å². The van der Waals surface area contributed by atoms with Gasteiger partial charge < -0.3 is 10.0 Å². The van der Waals surface area contributed by atoms with Crippen LogP contribution in [0.1, 0.15) is 17.3 Å². The molecule has 0 aliphatic heterocycles. The van der Waals surface area contributed by atoms with Gasteiger partial charge in [-0.3, -0.25) is 4.79 Å². The fraction of sp³-hybridized carbons (Fsp3) is 0.364. The molecule has 1 unspecified atom stereocenters. The van der Waals surface area contributed by atoms with Crippen LogP contribution in [-0.4, -0.2) is 35.6 Å². The van der Waals surface area contributed by atoms with Crippen LogP contribution < -0.4 is 0 Å². The van der Waals surface area contributed by atoms with Crippen LogP contribution in [0, 0.1) is 0 Å². The number of aliphatic hydroxyl groups excluding tert-OH is 1. The van der Waals surface area contributed by atoms with Crippen LogP contribution in [-0.2, 0) is 0 Å². The van der Waals surface area contributed by atoms with Crippen molar-refractivity contribution in [3.05, 3.63) is 33.8 Å². The van der Waals surface area contributed by atoms with E-state index in [0.29, 0.717) is 15.6 Å². The minimum atomic E-state index is -0.569. The Morgan fingerprint density at radius 1 is 1.50 bits per heavy atom. The number of aliphatic hydroxyl groups is 1. The Morgan fingerprint density at radius 3 is 2.62 bits per heavy atom. The van der Waals surface area contributed by atoms with Crippen molar-refractivity contribution in [2.45, 2.75) is 13.0 Å². The van der Waals surface area contributed by atoms with E-state index in [2.05, 4.69) is 0 Å². The first-order valence-electron chi connectivity index (χ1n) is 4.80. The fourth-order valence-corrected chi connectivity index (χ4v) is 1.84. The number of likely N-dealkylation sites (N-methyl/N-ethyl adjacent to an activating group) is 1. The van der Waals surface area contributed by atoms with Crippen molar-refractivity contribution >= 4 is 29.1 Å². The lowest BCUT2D eigenvalue weighted by atomic mass is 10.2. The molecule has 0 aromatic heterocycles.